The summed E-state index contributed by atoms with van der Waals surface area (Å²) in [6.45, 7) is 1.24. The Balaban J connectivity index is 0.00000240. The molecule has 0 radical (unpaired) electrons. The largest absolute Gasteiger partial charge is 1.00 e. The molecule has 0 spiro atoms. The van der Waals surface area contributed by atoms with Gasteiger partial charge in [0.25, 0.3) is 5.82 Å². The van der Waals surface area contributed by atoms with Gasteiger partial charge in [-0.05, 0) is 61.7 Å². The number of nitrogens with zero attached hydrogens (tertiary/aromatic N) is 2. The summed E-state index contributed by atoms with van der Waals surface area (Å²) in [7, 11) is 0. The normalized spacial score (nSPS) is 13.3. The van der Waals surface area contributed by atoms with Crippen LogP contribution >= 0.6 is 34.8 Å². The van der Waals surface area contributed by atoms with Crippen LogP contribution in [-0.4, -0.2) is 10.4 Å². The lowest BCUT2D eigenvalue weighted by Crippen LogP contribution is -3.00. The molecular formula is C22H20BrCl3N2O. The van der Waals surface area contributed by atoms with E-state index in [0.717, 1.165) is 37.1 Å². The highest BCUT2D eigenvalue weighted by Gasteiger charge is 2.27. The number of rotatable bonds is 4. The average molecular weight is 515 g/mol. The highest BCUT2D eigenvalue weighted by molar-refractivity contribution is 6.42. The number of Topliss-reactive ketones (excluding diaryl/α,β-unsaturated/α-hetero) is 1. The van der Waals surface area contributed by atoms with E-state index in [2.05, 4.69) is 15.3 Å². The van der Waals surface area contributed by atoms with E-state index in [1.807, 2.05) is 24.3 Å². The molecule has 0 saturated heterocycles. The van der Waals surface area contributed by atoms with Crippen LogP contribution < -0.4 is 21.5 Å². The van der Waals surface area contributed by atoms with Crippen molar-refractivity contribution in [3.63, 3.8) is 0 Å². The van der Waals surface area contributed by atoms with Crippen LogP contribution in [0.15, 0.2) is 48.7 Å². The third-order valence-electron chi connectivity index (χ3n) is 5.19. The molecular weight excluding hydrogens is 495 g/mol. The minimum Gasteiger partial charge on any atom is -1.00 e. The van der Waals surface area contributed by atoms with Crippen LogP contribution in [0.25, 0.3) is 11.3 Å². The van der Waals surface area contributed by atoms with Crippen molar-refractivity contribution in [2.45, 2.75) is 38.8 Å². The van der Waals surface area contributed by atoms with E-state index in [9.17, 15) is 4.79 Å². The molecule has 0 amide bonds. The Bertz CT molecular complexity index is 1030. The highest BCUT2D eigenvalue weighted by Crippen LogP contribution is 2.26. The lowest BCUT2D eigenvalue weighted by molar-refractivity contribution is -0.690. The van der Waals surface area contributed by atoms with Crippen LogP contribution in [0.2, 0.25) is 15.1 Å². The predicted octanol–water partition coefficient (Wildman–Crippen LogP) is 3.02. The topological polar surface area (TPSA) is 25.9 Å². The molecule has 3 aromatic rings. The fourth-order valence-electron chi connectivity index (χ4n) is 3.75. The van der Waals surface area contributed by atoms with Gasteiger partial charge in [0, 0.05) is 22.6 Å². The molecule has 1 aromatic heterocycles. The number of carbonyl (C=O) groups is 1. The molecule has 0 aliphatic carbocycles. The van der Waals surface area contributed by atoms with Crippen molar-refractivity contribution >= 4 is 40.6 Å². The molecule has 7 heteroatoms. The Morgan fingerprint density at radius 2 is 1.72 bits per heavy atom. The zero-order valence-electron chi connectivity index (χ0n) is 15.7. The summed E-state index contributed by atoms with van der Waals surface area (Å²) in [5.74, 6) is 1.21. The predicted molar refractivity (Wildman–Crippen MR) is 113 cm³/mol. The van der Waals surface area contributed by atoms with Crippen LogP contribution in [0.3, 0.4) is 0 Å². The third kappa shape index (κ3) is 4.88. The molecule has 29 heavy (non-hydrogen) atoms. The lowest BCUT2D eigenvalue weighted by atomic mass is 10.1. The van der Waals surface area contributed by atoms with E-state index < -0.39 is 0 Å². The van der Waals surface area contributed by atoms with E-state index >= 15 is 0 Å². The minimum absolute atomic E-state index is 0. The van der Waals surface area contributed by atoms with Crippen LogP contribution in [-0.2, 0) is 19.5 Å². The molecule has 3 nitrogen and oxygen atoms in total. The van der Waals surface area contributed by atoms with Gasteiger partial charge in [0.05, 0.1) is 16.6 Å². The smallest absolute Gasteiger partial charge is 0.257 e. The highest BCUT2D eigenvalue weighted by atomic mass is 79.9. The fourth-order valence-corrected chi connectivity index (χ4v) is 4.17. The number of hydrogen-bond donors (Lipinski definition) is 0. The Labute approximate surface area is 196 Å². The second-order valence-corrected chi connectivity index (χ2v) is 8.33. The van der Waals surface area contributed by atoms with Gasteiger partial charge in [0.2, 0.25) is 5.78 Å². The molecule has 0 unspecified atom stereocenters. The molecule has 1 aliphatic heterocycles. The van der Waals surface area contributed by atoms with E-state index in [1.165, 1.54) is 12.2 Å². The van der Waals surface area contributed by atoms with Gasteiger partial charge in [-0.2, -0.15) is 0 Å². The van der Waals surface area contributed by atoms with Crippen LogP contribution in [0.5, 0.6) is 0 Å². The Kier molecular flexibility index (Phi) is 7.44. The van der Waals surface area contributed by atoms with Crippen molar-refractivity contribution < 1.29 is 26.3 Å². The molecule has 0 atom stereocenters. The Hall–Kier alpha value is -1.33. The van der Waals surface area contributed by atoms with Crippen LogP contribution in [0.4, 0.5) is 0 Å². The third-order valence-corrected chi connectivity index (χ3v) is 6.18. The zero-order valence-corrected chi connectivity index (χ0v) is 19.5. The number of imidazole rings is 1. The maximum Gasteiger partial charge on any atom is 0.257 e. The quantitative estimate of drug-likeness (QED) is 0.388. The van der Waals surface area contributed by atoms with Crippen molar-refractivity contribution in [3.8, 4) is 11.3 Å². The fraction of sp³-hybridized carbons (Fsp3) is 0.273. The Morgan fingerprint density at radius 3 is 2.45 bits per heavy atom. The SMILES string of the molecule is O=C(C[n+]1cc(-c2ccc(Cl)cc2)n2c1CCCCC2)c1ccc(Cl)c(Cl)c1.[Br-]. The van der Waals surface area contributed by atoms with Crippen LogP contribution in [0.1, 0.15) is 35.4 Å². The molecule has 2 heterocycles. The maximum atomic E-state index is 12.9. The van der Waals surface area contributed by atoms with Gasteiger partial charge in [-0.15, -0.1) is 0 Å². The van der Waals surface area contributed by atoms with Gasteiger partial charge in [-0.3, -0.25) is 4.79 Å². The first kappa shape index (κ1) is 22.4. The van der Waals surface area contributed by atoms with E-state index in [-0.39, 0.29) is 29.3 Å². The molecule has 0 N–H and O–H groups in total. The number of halogens is 4. The second-order valence-electron chi connectivity index (χ2n) is 7.08. The van der Waals surface area contributed by atoms with Gasteiger partial charge in [-0.1, -0.05) is 34.8 Å². The number of aromatic nitrogens is 2. The van der Waals surface area contributed by atoms with E-state index in [0.29, 0.717) is 20.6 Å². The summed E-state index contributed by atoms with van der Waals surface area (Å²) < 4.78 is 4.43. The molecule has 2 aromatic carbocycles. The summed E-state index contributed by atoms with van der Waals surface area (Å²) in [5, 5.41) is 1.57. The van der Waals surface area contributed by atoms with E-state index in [1.54, 1.807) is 18.2 Å². The standard InChI is InChI=1S/C22H20Cl3N2O.BrH/c23-17-8-5-15(6-9-17)20-13-26(22-4-2-1-3-11-27(20)22)14-21(28)16-7-10-18(24)19(25)12-16;/h5-10,12-13H,1-4,11,14H2;1H/q+1;/p-1. The molecule has 4 rings (SSSR count). The average Bonchev–Trinajstić information content (AvgIpc) is 2.86. The first-order chi connectivity index (χ1) is 13.5. The maximum absolute atomic E-state index is 12.9. The number of fused-ring (bicyclic) bond motifs is 1. The first-order valence-corrected chi connectivity index (χ1v) is 10.5. The number of carbonyl (C=O) groups excluding carboxylic acids is 1. The van der Waals surface area contributed by atoms with Gasteiger partial charge < -0.3 is 17.0 Å². The number of ketones is 1. The van der Waals surface area contributed by atoms with E-state index in [4.69, 9.17) is 34.8 Å². The number of hydrogen-bond acceptors (Lipinski definition) is 1. The minimum atomic E-state index is 0. The molecule has 0 fully saturated rings. The summed E-state index contributed by atoms with van der Waals surface area (Å²) in [6, 6.07) is 12.9. The molecule has 152 valence electrons. The lowest BCUT2D eigenvalue weighted by Gasteiger charge is -2.04. The number of benzene rings is 2. The van der Waals surface area contributed by atoms with Crippen LogP contribution in [0, 0.1) is 0 Å². The monoisotopic (exact) mass is 512 g/mol. The van der Waals surface area contributed by atoms with Gasteiger partial charge >= 0.3 is 0 Å². The van der Waals surface area contributed by atoms with Gasteiger partial charge in [-0.25, -0.2) is 9.13 Å². The van der Waals surface area contributed by atoms with Gasteiger partial charge in [0.1, 0.15) is 6.20 Å². The van der Waals surface area contributed by atoms with Crippen molar-refractivity contribution in [3.05, 3.63) is 75.1 Å². The summed E-state index contributed by atoms with van der Waals surface area (Å²) in [5.41, 5.74) is 2.80. The molecule has 0 bridgehead atoms. The Morgan fingerprint density at radius 1 is 0.966 bits per heavy atom. The van der Waals surface area contributed by atoms with Crippen molar-refractivity contribution in [2.24, 2.45) is 0 Å². The summed E-state index contributed by atoms with van der Waals surface area (Å²) >= 11 is 18.1. The summed E-state index contributed by atoms with van der Waals surface area (Å²) in [4.78, 5) is 12.9. The zero-order chi connectivity index (χ0) is 19.7. The summed E-state index contributed by atoms with van der Waals surface area (Å²) in [6.07, 6.45) is 6.51. The molecule has 1 aliphatic rings. The van der Waals surface area contributed by atoms with Crippen molar-refractivity contribution in [1.29, 1.82) is 0 Å². The van der Waals surface area contributed by atoms with Crippen molar-refractivity contribution in [2.75, 3.05) is 0 Å². The van der Waals surface area contributed by atoms with Crippen molar-refractivity contribution in [1.82, 2.24) is 4.57 Å². The molecule has 0 saturated carbocycles. The first-order valence-electron chi connectivity index (χ1n) is 9.39. The van der Waals surface area contributed by atoms with Gasteiger partial charge in [0.15, 0.2) is 12.2 Å². The second kappa shape index (κ2) is 9.65.